The number of nitrogens with zero attached hydrogens (tertiary/aromatic N) is 6. The van der Waals surface area contributed by atoms with E-state index in [0.29, 0.717) is 27.0 Å². The van der Waals surface area contributed by atoms with E-state index < -0.39 is 0 Å². The van der Waals surface area contributed by atoms with Gasteiger partial charge in [-0.1, -0.05) is 41.7 Å². The number of benzene rings is 2. The van der Waals surface area contributed by atoms with E-state index in [-0.39, 0.29) is 17.0 Å². The first-order valence-corrected chi connectivity index (χ1v) is 10.8. The number of thiazole rings is 1. The number of aryl methyl sites for hydroxylation is 1. The van der Waals surface area contributed by atoms with Crippen molar-refractivity contribution < 1.29 is 5.11 Å². The normalized spacial score (nSPS) is 11.8. The Morgan fingerprint density at radius 2 is 1.82 bits per heavy atom. The SMILES string of the molecule is Cc1nc(/C(C#N)=C/c2ccc(O)cc2)sc1N=Nc1c(C)n(C)n(-c2ccccc2)c1=O. The number of para-hydroxylation sites is 1. The highest BCUT2D eigenvalue weighted by atomic mass is 32.1. The van der Waals surface area contributed by atoms with E-state index in [0.717, 1.165) is 11.3 Å². The van der Waals surface area contributed by atoms with Crippen LogP contribution in [0.1, 0.15) is 22.0 Å². The van der Waals surface area contributed by atoms with Gasteiger partial charge in [0.15, 0.2) is 10.7 Å². The van der Waals surface area contributed by atoms with Gasteiger partial charge in [-0.25, -0.2) is 9.67 Å². The molecule has 0 spiro atoms. The van der Waals surface area contributed by atoms with Crippen molar-refractivity contribution in [2.75, 3.05) is 0 Å². The lowest BCUT2D eigenvalue weighted by Gasteiger charge is -2.07. The molecule has 33 heavy (non-hydrogen) atoms. The van der Waals surface area contributed by atoms with E-state index in [4.69, 9.17) is 0 Å². The summed E-state index contributed by atoms with van der Waals surface area (Å²) in [5.74, 6) is 0.154. The minimum atomic E-state index is -0.266. The maximum Gasteiger partial charge on any atom is 0.299 e. The van der Waals surface area contributed by atoms with Crippen molar-refractivity contribution in [3.63, 3.8) is 0 Å². The molecule has 2 aromatic heterocycles. The van der Waals surface area contributed by atoms with Crippen LogP contribution in [0.3, 0.4) is 0 Å². The van der Waals surface area contributed by atoms with Crippen molar-refractivity contribution in [2.24, 2.45) is 17.3 Å². The van der Waals surface area contributed by atoms with Gasteiger partial charge in [0.05, 0.1) is 22.6 Å². The second kappa shape index (κ2) is 9.06. The van der Waals surface area contributed by atoms with Crippen LogP contribution in [0.4, 0.5) is 10.7 Å². The summed E-state index contributed by atoms with van der Waals surface area (Å²) in [4.78, 5) is 17.5. The fourth-order valence-corrected chi connectivity index (χ4v) is 4.10. The maximum atomic E-state index is 13.0. The molecule has 0 unspecified atom stereocenters. The molecule has 0 saturated heterocycles. The third-order valence-corrected chi connectivity index (χ3v) is 6.17. The summed E-state index contributed by atoms with van der Waals surface area (Å²) >= 11 is 1.23. The zero-order chi connectivity index (χ0) is 23.5. The van der Waals surface area contributed by atoms with E-state index in [1.54, 1.807) is 53.7 Å². The summed E-state index contributed by atoms with van der Waals surface area (Å²) in [5, 5.41) is 28.6. The number of allylic oxidation sites excluding steroid dienone is 1. The van der Waals surface area contributed by atoms with Crippen molar-refractivity contribution in [3.05, 3.63) is 86.9 Å². The van der Waals surface area contributed by atoms with Crippen molar-refractivity contribution in [2.45, 2.75) is 13.8 Å². The van der Waals surface area contributed by atoms with Crippen LogP contribution < -0.4 is 5.56 Å². The Hall–Kier alpha value is -4.29. The summed E-state index contributed by atoms with van der Waals surface area (Å²) in [6.07, 6.45) is 1.69. The number of nitriles is 1. The number of hydrogen-bond donors (Lipinski definition) is 1. The van der Waals surface area contributed by atoms with Gasteiger partial charge in [-0.3, -0.25) is 9.48 Å². The molecular weight excluding hydrogens is 436 g/mol. The Bertz CT molecular complexity index is 1470. The highest BCUT2D eigenvalue weighted by molar-refractivity contribution is 7.16. The predicted octanol–water partition coefficient (Wildman–Crippen LogP) is 5.43. The molecule has 0 saturated carbocycles. The molecule has 9 heteroatoms. The van der Waals surface area contributed by atoms with Gasteiger partial charge in [0.25, 0.3) is 5.56 Å². The molecule has 4 rings (SSSR count). The van der Waals surface area contributed by atoms with Crippen molar-refractivity contribution in [1.82, 2.24) is 14.3 Å². The third kappa shape index (κ3) is 4.37. The largest absolute Gasteiger partial charge is 0.508 e. The Balaban J connectivity index is 1.68. The van der Waals surface area contributed by atoms with Crippen molar-refractivity contribution in [3.8, 4) is 17.5 Å². The van der Waals surface area contributed by atoms with Gasteiger partial charge in [0.2, 0.25) is 0 Å². The topological polar surface area (TPSA) is 109 Å². The molecular formula is C24H20N6O2S. The van der Waals surface area contributed by atoms with Crippen molar-refractivity contribution >= 4 is 33.7 Å². The van der Waals surface area contributed by atoms with E-state index in [9.17, 15) is 15.2 Å². The van der Waals surface area contributed by atoms with E-state index >= 15 is 0 Å². The average Bonchev–Trinajstić information content (AvgIpc) is 3.28. The minimum absolute atomic E-state index is 0.154. The number of phenolic OH excluding ortho intramolecular Hbond substituents is 1. The molecule has 0 aliphatic rings. The molecule has 0 atom stereocenters. The monoisotopic (exact) mass is 456 g/mol. The number of hydrogen-bond acceptors (Lipinski definition) is 7. The summed E-state index contributed by atoms with van der Waals surface area (Å²) in [7, 11) is 1.80. The van der Waals surface area contributed by atoms with Crippen LogP contribution in [0.5, 0.6) is 5.75 Å². The second-order valence-electron chi connectivity index (χ2n) is 7.28. The van der Waals surface area contributed by atoms with Gasteiger partial charge >= 0.3 is 0 Å². The number of phenols is 1. The highest BCUT2D eigenvalue weighted by Gasteiger charge is 2.17. The lowest BCUT2D eigenvalue weighted by atomic mass is 10.1. The number of aromatic hydroxyl groups is 1. The molecule has 1 N–H and O–H groups in total. The van der Waals surface area contributed by atoms with E-state index in [1.807, 2.05) is 37.3 Å². The molecule has 0 bridgehead atoms. The number of aromatic nitrogens is 3. The number of azo groups is 1. The molecule has 0 amide bonds. The van der Waals surface area contributed by atoms with Crippen molar-refractivity contribution in [1.29, 1.82) is 5.26 Å². The van der Waals surface area contributed by atoms with E-state index in [2.05, 4.69) is 21.3 Å². The fourth-order valence-electron chi connectivity index (χ4n) is 3.24. The molecule has 2 aromatic carbocycles. The first-order valence-electron chi connectivity index (χ1n) is 10.0. The van der Waals surface area contributed by atoms with Crippen LogP contribution in [-0.2, 0) is 7.05 Å². The molecule has 0 aliphatic carbocycles. The van der Waals surface area contributed by atoms with Crippen LogP contribution >= 0.6 is 11.3 Å². The Morgan fingerprint density at radius 1 is 1.12 bits per heavy atom. The maximum absolute atomic E-state index is 13.0. The summed E-state index contributed by atoms with van der Waals surface area (Å²) in [6, 6.07) is 18.0. The quantitative estimate of drug-likeness (QED) is 0.319. The first-order chi connectivity index (χ1) is 15.9. The third-order valence-electron chi connectivity index (χ3n) is 5.09. The standard InChI is InChI=1S/C24H20N6O2S/c1-15-22(33-23(26-15)18(14-25)13-17-9-11-20(31)12-10-17)28-27-21-16(2)29(3)30(24(21)32)19-7-5-4-6-8-19/h4-13,31H,1-3H3/b18-13+,28-27?. The summed E-state index contributed by atoms with van der Waals surface area (Å²) < 4.78 is 3.29. The summed E-state index contributed by atoms with van der Waals surface area (Å²) in [5.41, 5.74) is 3.15. The number of rotatable bonds is 5. The highest BCUT2D eigenvalue weighted by Crippen LogP contribution is 2.33. The smallest absolute Gasteiger partial charge is 0.299 e. The lowest BCUT2D eigenvalue weighted by molar-refractivity contribution is 0.475. The Morgan fingerprint density at radius 3 is 2.48 bits per heavy atom. The molecule has 0 aliphatic heterocycles. The van der Waals surface area contributed by atoms with Crippen LogP contribution in [0.15, 0.2) is 69.6 Å². The average molecular weight is 457 g/mol. The fraction of sp³-hybridized carbons (Fsp3) is 0.125. The van der Waals surface area contributed by atoms with Gasteiger partial charge in [-0.2, -0.15) is 5.26 Å². The minimum Gasteiger partial charge on any atom is -0.508 e. The zero-order valence-electron chi connectivity index (χ0n) is 18.2. The van der Waals surface area contributed by atoms with E-state index in [1.165, 1.54) is 11.3 Å². The molecule has 164 valence electrons. The van der Waals surface area contributed by atoms with Crippen LogP contribution in [0.2, 0.25) is 0 Å². The first kappa shape index (κ1) is 21.9. The van der Waals surface area contributed by atoms with Gasteiger partial charge in [-0.05, 0) is 49.8 Å². The molecule has 8 nitrogen and oxygen atoms in total. The predicted molar refractivity (Wildman–Crippen MR) is 128 cm³/mol. The lowest BCUT2D eigenvalue weighted by Crippen LogP contribution is -2.19. The van der Waals surface area contributed by atoms with Crippen LogP contribution in [0, 0.1) is 25.2 Å². The Kier molecular flexibility index (Phi) is 6.02. The van der Waals surface area contributed by atoms with Gasteiger partial charge in [-0.15, -0.1) is 10.2 Å². The molecule has 0 fully saturated rings. The van der Waals surface area contributed by atoms with Crippen LogP contribution in [-0.4, -0.2) is 19.5 Å². The van der Waals surface area contributed by atoms with Crippen LogP contribution in [0.25, 0.3) is 17.3 Å². The zero-order valence-corrected chi connectivity index (χ0v) is 19.0. The molecule has 4 aromatic rings. The van der Waals surface area contributed by atoms with Gasteiger partial charge in [0, 0.05) is 7.05 Å². The summed E-state index contributed by atoms with van der Waals surface area (Å²) in [6.45, 7) is 3.60. The second-order valence-corrected chi connectivity index (χ2v) is 8.26. The molecule has 0 radical (unpaired) electrons. The Labute approximate surface area is 194 Å². The van der Waals surface area contributed by atoms with Gasteiger partial charge < -0.3 is 5.11 Å². The van der Waals surface area contributed by atoms with Gasteiger partial charge in [0.1, 0.15) is 16.8 Å². The molecule has 2 heterocycles.